The zero-order chi connectivity index (χ0) is 12.1. The van der Waals surface area contributed by atoms with Gasteiger partial charge in [-0.3, -0.25) is 9.97 Å². The molecule has 0 saturated heterocycles. The lowest BCUT2D eigenvalue weighted by Gasteiger charge is -2.16. The zero-order valence-corrected chi connectivity index (χ0v) is 9.60. The maximum Gasteiger partial charge on any atom is 0.141 e. The number of likely N-dealkylation sites (N-methyl/N-ethyl adjacent to an activating group) is 1. The van der Waals surface area contributed by atoms with Crippen molar-refractivity contribution in [2.45, 2.75) is 12.5 Å². The van der Waals surface area contributed by atoms with E-state index in [1.165, 1.54) is 12.3 Å². The Morgan fingerprint density at radius 1 is 1.24 bits per heavy atom. The van der Waals surface area contributed by atoms with Gasteiger partial charge < -0.3 is 5.32 Å². The fourth-order valence-electron chi connectivity index (χ4n) is 1.76. The maximum absolute atomic E-state index is 13.1. The number of nitrogens with one attached hydrogen (secondary N) is 1. The van der Waals surface area contributed by atoms with Gasteiger partial charge in [-0.2, -0.15) is 0 Å². The van der Waals surface area contributed by atoms with E-state index >= 15 is 0 Å². The Balaban J connectivity index is 2.17. The van der Waals surface area contributed by atoms with Crippen LogP contribution in [0.4, 0.5) is 4.39 Å². The van der Waals surface area contributed by atoms with Gasteiger partial charge in [-0.15, -0.1) is 0 Å². The summed E-state index contributed by atoms with van der Waals surface area (Å²) in [5, 5.41) is 3.17. The normalized spacial score (nSPS) is 12.4. The van der Waals surface area contributed by atoms with Crippen molar-refractivity contribution < 1.29 is 4.39 Å². The summed E-state index contributed by atoms with van der Waals surface area (Å²) >= 11 is 0. The first-order valence-electron chi connectivity index (χ1n) is 5.46. The summed E-state index contributed by atoms with van der Waals surface area (Å²) in [6.45, 7) is 0. The fourth-order valence-corrected chi connectivity index (χ4v) is 1.76. The number of halogens is 1. The minimum Gasteiger partial charge on any atom is -0.313 e. The molecule has 0 spiro atoms. The molecule has 0 aliphatic rings. The van der Waals surface area contributed by atoms with Crippen molar-refractivity contribution in [3.63, 3.8) is 0 Å². The molecule has 0 aromatic carbocycles. The van der Waals surface area contributed by atoms with Crippen molar-refractivity contribution >= 4 is 0 Å². The Hall–Kier alpha value is -1.81. The Bertz CT molecular complexity index is 473. The van der Waals surface area contributed by atoms with Crippen LogP contribution in [-0.2, 0) is 6.42 Å². The molecule has 0 fully saturated rings. The van der Waals surface area contributed by atoms with E-state index in [1.807, 2.05) is 19.2 Å². The summed E-state index contributed by atoms with van der Waals surface area (Å²) in [6.07, 6.45) is 7.19. The Kier molecular flexibility index (Phi) is 3.77. The average molecular weight is 231 g/mol. The molecule has 88 valence electrons. The molecule has 0 bridgehead atoms. The predicted molar refractivity (Wildman–Crippen MR) is 63.9 cm³/mol. The molecule has 1 atom stereocenters. The fraction of sp³-hybridized carbons (Fsp3) is 0.231. The van der Waals surface area contributed by atoms with Crippen LogP contribution in [0, 0.1) is 5.82 Å². The molecule has 2 rings (SSSR count). The molecule has 0 aliphatic carbocycles. The van der Waals surface area contributed by atoms with Crippen molar-refractivity contribution in [3.8, 4) is 0 Å². The summed E-state index contributed by atoms with van der Waals surface area (Å²) in [7, 11) is 1.86. The monoisotopic (exact) mass is 231 g/mol. The van der Waals surface area contributed by atoms with Gasteiger partial charge in [0.05, 0.1) is 6.20 Å². The van der Waals surface area contributed by atoms with Gasteiger partial charge in [-0.05, 0) is 42.8 Å². The van der Waals surface area contributed by atoms with Gasteiger partial charge in [0.2, 0.25) is 0 Å². The Morgan fingerprint density at radius 2 is 2.00 bits per heavy atom. The second-order valence-electron chi connectivity index (χ2n) is 3.84. The van der Waals surface area contributed by atoms with E-state index in [4.69, 9.17) is 0 Å². The number of hydrogen-bond acceptors (Lipinski definition) is 3. The smallest absolute Gasteiger partial charge is 0.141 e. The summed E-state index contributed by atoms with van der Waals surface area (Å²) in [5.41, 5.74) is 2.01. The second kappa shape index (κ2) is 5.50. The SMILES string of the molecule is CNC(Cc1ccncc1)c1cncc(F)c1. The third-order valence-corrected chi connectivity index (χ3v) is 2.67. The van der Waals surface area contributed by atoms with E-state index in [0.717, 1.165) is 17.5 Å². The molecule has 1 N–H and O–H groups in total. The number of nitrogens with zero attached hydrogens (tertiary/aromatic N) is 2. The summed E-state index contributed by atoms with van der Waals surface area (Å²) < 4.78 is 13.1. The van der Waals surface area contributed by atoms with E-state index in [-0.39, 0.29) is 11.9 Å². The Morgan fingerprint density at radius 3 is 2.65 bits per heavy atom. The van der Waals surface area contributed by atoms with Crippen molar-refractivity contribution in [1.29, 1.82) is 0 Å². The van der Waals surface area contributed by atoms with Crippen LogP contribution in [0.3, 0.4) is 0 Å². The molecule has 2 heterocycles. The van der Waals surface area contributed by atoms with Crippen LogP contribution >= 0.6 is 0 Å². The molecule has 1 unspecified atom stereocenters. The van der Waals surface area contributed by atoms with Crippen LogP contribution in [0.5, 0.6) is 0 Å². The largest absolute Gasteiger partial charge is 0.313 e. The van der Waals surface area contributed by atoms with Crippen molar-refractivity contribution in [2.75, 3.05) is 7.05 Å². The summed E-state index contributed by atoms with van der Waals surface area (Å²) in [4.78, 5) is 7.84. The molecule has 0 radical (unpaired) electrons. The highest BCUT2D eigenvalue weighted by Gasteiger charge is 2.11. The first-order valence-corrected chi connectivity index (χ1v) is 5.46. The highest BCUT2D eigenvalue weighted by molar-refractivity contribution is 5.20. The quantitative estimate of drug-likeness (QED) is 0.875. The highest BCUT2D eigenvalue weighted by atomic mass is 19.1. The number of pyridine rings is 2. The standard InChI is InChI=1S/C13H14FN3/c1-15-13(6-10-2-4-16-5-3-10)11-7-12(14)9-17-8-11/h2-5,7-9,13,15H,6H2,1H3. The minimum absolute atomic E-state index is 0.0561. The van der Waals surface area contributed by atoms with Crippen LogP contribution in [0.2, 0.25) is 0 Å². The van der Waals surface area contributed by atoms with Crippen LogP contribution in [0.25, 0.3) is 0 Å². The van der Waals surface area contributed by atoms with Gasteiger partial charge >= 0.3 is 0 Å². The Labute approximate surface area is 99.7 Å². The van der Waals surface area contributed by atoms with E-state index in [2.05, 4.69) is 15.3 Å². The van der Waals surface area contributed by atoms with E-state index in [9.17, 15) is 4.39 Å². The van der Waals surface area contributed by atoms with Crippen molar-refractivity contribution in [2.24, 2.45) is 0 Å². The van der Waals surface area contributed by atoms with Crippen LogP contribution in [-0.4, -0.2) is 17.0 Å². The lowest BCUT2D eigenvalue weighted by Crippen LogP contribution is -2.19. The van der Waals surface area contributed by atoms with Gasteiger partial charge in [-0.1, -0.05) is 0 Å². The van der Waals surface area contributed by atoms with E-state index in [0.29, 0.717) is 0 Å². The molecular weight excluding hydrogens is 217 g/mol. The molecule has 0 saturated carbocycles. The summed E-state index contributed by atoms with van der Waals surface area (Å²) in [6, 6.07) is 5.48. The lowest BCUT2D eigenvalue weighted by atomic mass is 10.0. The van der Waals surface area contributed by atoms with Gasteiger partial charge in [-0.25, -0.2) is 4.39 Å². The third-order valence-electron chi connectivity index (χ3n) is 2.67. The predicted octanol–water partition coefficient (Wildman–Crippen LogP) is 2.12. The van der Waals surface area contributed by atoms with Gasteiger partial charge in [0.25, 0.3) is 0 Å². The topological polar surface area (TPSA) is 37.8 Å². The highest BCUT2D eigenvalue weighted by Crippen LogP contribution is 2.17. The van der Waals surface area contributed by atoms with Crippen LogP contribution < -0.4 is 5.32 Å². The van der Waals surface area contributed by atoms with E-state index < -0.39 is 0 Å². The van der Waals surface area contributed by atoms with Gasteiger partial charge in [0, 0.05) is 24.6 Å². The number of hydrogen-bond donors (Lipinski definition) is 1. The molecule has 4 heteroatoms. The molecule has 2 aromatic heterocycles. The number of aromatic nitrogens is 2. The molecule has 17 heavy (non-hydrogen) atoms. The lowest BCUT2D eigenvalue weighted by molar-refractivity contribution is 0.571. The van der Waals surface area contributed by atoms with Crippen molar-refractivity contribution in [3.05, 3.63) is 59.9 Å². The second-order valence-corrected chi connectivity index (χ2v) is 3.84. The minimum atomic E-state index is -0.308. The first kappa shape index (κ1) is 11.7. The van der Waals surface area contributed by atoms with Crippen LogP contribution in [0.15, 0.2) is 43.0 Å². The zero-order valence-electron chi connectivity index (χ0n) is 9.60. The molecule has 2 aromatic rings. The third kappa shape index (κ3) is 3.07. The molecule has 0 amide bonds. The number of rotatable bonds is 4. The van der Waals surface area contributed by atoms with Crippen LogP contribution in [0.1, 0.15) is 17.2 Å². The molecule has 0 aliphatic heterocycles. The van der Waals surface area contributed by atoms with Gasteiger partial charge in [0.15, 0.2) is 0 Å². The van der Waals surface area contributed by atoms with E-state index in [1.54, 1.807) is 18.6 Å². The summed E-state index contributed by atoms with van der Waals surface area (Å²) in [5.74, 6) is -0.308. The van der Waals surface area contributed by atoms with Gasteiger partial charge in [0.1, 0.15) is 5.82 Å². The molecular formula is C13H14FN3. The average Bonchev–Trinajstić information content (AvgIpc) is 2.37. The first-order chi connectivity index (χ1) is 8.29. The van der Waals surface area contributed by atoms with Crippen molar-refractivity contribution in [1.82, 2.24) is 15.3 Å². The molecule has 3 nitrogen and oxygen atoms in total. The maximum atomic E-state index is 13.1.